The number of carbonyl (C=O) groups is 1. The van der Waals surface area contributed by atoms with Gasteiger partial charge in [-0.3, -0.25) is 9.88 Å². The molecule has 20 heavy (non-hydrogen) atoms. The largest absolute Gasteiger partial charge is 0.424 e. The highest BCUT2D eigenvalue weighted by molar-refractivity contribution is 5.87. The molecular weight excluding hydrogens is 252 g/mol. The van der Waals surface area contributed by atoms with Crippen LogP contribution in [-0.4, -0.2) is 55.2 Å². The van der Waals surface area contributed by atoms with E-state index < -0.39 is 0 Å². The third-order valence-electron chi connectivity index (χ3n) is 4.49. The fourth-order valence-electron chi connectivity index (χ4n) is 3.37. The molecule has 3 heterocycles. The molecule has 2 fully saturated rings. The molecule has 2 amide bonds. The lowest BCUT2D eigenvalue weighted by molar-refractivity contribution is 0.139. The van der Waals surface area contributed by atoms with Gasteiger partial charge in [-0.25, -0.2) is 9.28 Å². The monoisotopic (exact) mass is 275 g/mol. The Kier molecular flexibility index (Phi) is 3.98. The summed E-state index contributed by atoms with van der Waals surface area (Å²) in [6.07, 6.45) is 7.09. The Labute approximate surface area is 120 Å². The van der Waals surface area contributed by atoms with E-state index in [0.29, 0.717) is 4.48 Å². The van der Waals surface area contributed by atoms with Gasteiger partial charge in [0.25, 0.3) is 0 Å². The summed E-state index contributed by atoms with van der Waals surface area (Å²) in [4.78, 5) is 19.3. The molecule has 1 aromatic heterocycles. The number of rotatable bonds is 1. The molecule has 0 unspecified atom stereocenters. The molecule has 0 aliphatic carbocycles. The average molecular weight is 275 g/mol. The first-order valence-electron chi connectivity index (χ1n) is 7.61. The fraction of sp³-hybridized carbons (Fsp3) is 0.600. The molecule has 2 aliphatic heterocycles. The summed E-state index contributed by atoms with van der Waals surface area (Å²) in [5.41, 5.74) is 1.10. The minimum Gasteiger partial charge on any atom is -0.313 e. The maximum Gasteiger partial charge on any atom is 0.424 e. The molecule has 2 saturated heterocycles. The van der Waals surface area contributed by atoms with E-state index >= 15 is 0 Å². The van der Waals surface area contributed by atoms with Crippen LogP contribution >= 0.6 is 0 Å². The van der Waals surface area contributed by atoms with E-state index in [1.807, 2.05) is 17.0 Å². The molecule has 0 spiro atoms. The number of quaternary nitrogens is 1. The molecule has 5 heteroatoms. The Bertz CT molecular complexity index is 450. The minimum absolute atomic E-state index is 0.275. The predicted octanol–water partition coefficient (Wildman–Crippen LogP) is 1.60. The fourth-order valence-corrected chi connectivity index (χ4v) is 3.37. The number of hydrogen-bond donors (Lipinski definition) is 1. The number of piperidine rings is 1. The Balaban J connectivity index is 1.91. The summed E-state index contributed by atoms with van der Waals surface area (Å²) in [5, 5.41) is 3.31. The second-order valence-corrected chi connectivity index (χ2v) is 5.70. The highest BCUT2D eigenvalue weighted by Crippen LogP contribution is 2.30. The van der Waals surface area contributed by atoms with E-state index in [-0.39, 0.29) is 6.03 Å². The van der Waals surface area contributed by atoms with Gasteiger partial charge in [-0.15, -0.1) is 0 Å². The minimum atomic E-state index is 0.275. The van der Waals surface area contributed by atoms with Crippen molar-refractivity contribution in [2.24, 2.45) is 0 Å². The van der Waals surface area contributed by atoms with Crippen molar-refractivity contribution < 1.29 is 4.79 Å². The van der Waals surface area contributed by atoms with Gasteiger partial charge < -0.3 is 5.32 Å². The van der Waals surface area contributed by atoms with Gasteiger partial charge in [-0.2, -0.15) is 0 Å². The summed E-state index contributed by atoms with van der Waals surface area (Å²) < 4.78 is 0.489. The van der Waals surface area contributed by atoms with E-state index in [9.17, 15) is 4.79 Å². The summed E-state index contributed by atoms with van der Waals surface area (Å²) in [7, 11) is 0. The normalized spacial score (nSPS) is 22.5. The highest BCUT2D eigenvalue weighted by Gasteiger charge is 2.43. The van der Waals surface area contributed by atoms with Gasteiger partial charge in [0.2, 0.25) is 0 Å². The molecule has 2 aliphatic rings. The van der Waals surface area contributed by atoms with Gasteiger partial charge in [0, 0.05) is 50.7 Å². The topological polar surface area (TPSA) is 45.2 Å². The number of likely N-dealkylation sites (tertiary alicyclic amines) is 1. The molecule has 0 aromatic carbocycles. The van der Waals surface area contributed by atoms with Crippen LogP contribution in [0.2, 0.25) is 0 Å². The molecule has 1 aromatic rings. The molecule has 0 saturated carbocycles. The van der Waals surface area contributed by atoms with E-state index in [0.717, 1.165) is 57.8 Å². The van der Waals surface area contributed by atoms with Crippen molar-refractivity contribution in [1.82, 2.24) is 19.7 Å². The van der Waals surface area contributed by atoms with Crippen LogP contribution in [-0.2, 0) is 0 Å². The van der Waals surface area contributed by atoms with Crippen molar-refractivity contribution in [2.75, 3.05) is 39.3 Å². The first kappa shape index (κ1) is 13.5. The smallest absolute Gasteiger partial charge is 0.313 e. The van der Waals surface area contributed by atoms with Gasteiger partial charge in [0.15, 0.2) is 0 Å². The molecule has 108 valence electrons. The zero-order chi connectivity index (χ0) is 13.8. The number of piperazine rings is 1. The second kappa shape index (κ2) is 5.89. The number of nitrogens with one attached hydrogen (secondary N) is 1. The third-order valence-corrected chi connectivity index (χ3v) is 4.49. The van der Waals surface area contributed by atoms with Crippen LogP contribution in [0.1, 0.15) is 19.3 Å². The number of carbonyl (C=O) groups excluding carboxylic acids is 1. The molecule has 1 N–H and O–H groups in total. The Hall–Kier alpha value is -1.46. The van der Waals surface area contributed by atoms with Gasteiger partial charge in [0.1, 0.15) is 5.69 Å². The zero-order valence-corrected chi connectivity index (χ0v) is 11.9. The third kappa shape index (κ3) is 2.43. The second-order valence-electron chi connectivity index (χ2n) is 5.70. The van der Waals surface area contributed by atoms with E-state index in [4.69, 9.17) is 0 Å². The number of amides is 2. The van der Waals surface area contributed by atoms with Crippen molar-refractivity contribution in [3.05, 3.63) is 24.5 Å². The first-order chi connectivity index (χ1) is 9.83. The van der Waals surface area contributed by atoms with Crippen LogP contribution in [0.15, 0.2) is 24.5 Å². The maximum atomic E-state index is 13.1. The molecule has 0 atom stereocenters. The van der Waals surface area contributed by atoms with Gasteiger partial charge in [-0.05, 0) is 19.3 Å². The predicted molar refractivity (Wildman–Crippen MR) is 79.5 cm³/mol. The van der Waals surface area contributed by atoms with Crippen LogP contribution in [0.5, 0.6) is 0 Å². The van der Waals surface area contributed by atoms with Gasteiger partial charge in [0.05, 0.1) is 13.1 Å². The molecule has 3 rings (SSSR count). The van der Waals surface area contributed by atoms with Crippen LogP contribution in [0.25, 0.3) is 0 Å². The highest BCUT2D eigenvalue weighted by atomic mass is 16.2. The summed E-state index contributed by atoms with van der Waals surface area (Å²) >= 11 is 0. The van der Waals surface area contributed by atoms with Crippen molar-refractivity contribution in [3.8, 4) is 0 Å². The quantitative estimate of drug-likeness (QED) is 0.792. The zero-order valence-electron chi connectivity index (χ0n) is 11.9. The average Bonchev–Trinajstić information content (AvgIpc) is 2.56. The number of nitrogens with zero attached hydrogens (tertiary/aromatic N) is 3. The van der Waals surface area contributed by atoms with Gasteiger partial charge >= 0.3 is 6.03 Å². The van der Waals surface area contributed by atoms with Crippen LogP contribution in [0.3, 0.4) is 0 Å². The van der Waals surface area contributed by atoms with Gasteiger partial charge in [-0.1, -0.05) is 0 Å². The number of aromatic nitrogens is 1. The number of urea groups is 1. The van der Waals surface area contributed by atoms with Crippen LogP contribution in [0.4, 0.5) is 10.5 Å². The number of hydrogen-bond acceptors (Lipinski definition) is 3. The van der Waals surface area contributed by atoms with Crippen molar-refractivity contribution in [2.45, 2.75) is 19.3 Å². The standard InChI is InChI=1S/C15H23N4O/c20-15(18-10-8-17-9-11-18)19(12-2-1-3-13-19)14-4-6-16-7-5-14/h4-7,17H,1-3,8-13H2/q+1. The molecular formula is C15H23N4O+. The Morgan fingerprint density at radius 2 is 1.75 bits per heavy atom. The van der Waals surface area contributed by atoms with Crippen molar-refractivity contribution in [1.29, 1.82) is 0 Å². The summed E-state index contributed by atoms with van der Waals surface area (Å²) in [6.45, 7) is 5.30. The van der Waals surface area contributed by atoms with E-state index in [2.05, 4.69) is 10.3 Å². The van der Waals surface area contributed by atoms with Crippen molar-refractivity contribution >= 4 is 11.7 Å². The molecule has 0 bridgehead atoms. The maximum absolute atomic E-state index is 13.1. The SMILES string of the molecule is O=C(N1CCNCC1)[N+]1(c2ccncc2)CCCCC1. The number of pyridine rings is 1. The van der Waals surface area contributed by atoms with E-state index in [1.165, 1.54) is 6.42 Å². The Morgan fingerprint density at radius 3 is 2.40 bits per heavy atom. The first-order valence-corrected chi connectivity index (χ1v) is 7.61. The lowest BCUT2D eigenvalue weighted by Gasteiger charge is -2.42. The van der Waals surface area contributed by atoms with Crippen molar-refractivity contribution in [3.63, 3.8) is 0 Å². The summed E-state index contributed by atoms with van der Waals surface area (Å²) in [6, 6.07) is 4.29. The summed E-state index contributed by atoms with van der Waals surface area (Å²) in [5.74, 6) is 0. The molecule has 0 radical (unpaired) electrons. The van der Waals surface area contributed by atoms with Crippen LogP contribution < -0.4 is 9.80 Å². The molecule has 5 nitrogen and oxygen atoms in total. The van der Waals surface area contributed by atoms with E-state index in [1.54, 1.807) is 12.4 Å². The lowest BCUT2D eigenvalue weighted by atomic mass is 10.1. The lowest BCUT2D eigenvalue weighted by Crippen LogP contribution is -2.64. The van der Waals surface area contributed by atoms with Crippen LogP contribution in [0, 0.1) is 0 Å². The Morgan fingerprint density at radius 1 is 1.10 bits per heavy atom.